The zero-order valence-corrected chi connectivity index (χ0v) is 9.90. The van der Waals surface area contributed by atoms with Crippen molar-refractivity contribution in [3.8, 4) is 0 Å². The number of benzene rings is 1. The highest BCUT2D eigenvalue weighted by Crippen LogP contribution is 2.15. The van der Waals surface area contributed by atoms with Gasteiger partial charge in [-0.25, -0.2) is 9.07 Å². The van der Waals surface area contributed by atoms with Crippen molar-refractivity contribution >= 4 is 10.8 Å². The number of rotatable bonds is 1. The molecule has 1 saturated heterocycles. The summed E-state index contributed by atoms with van der Waals surface area (Å²) >= 11 is 0. The van der Waals surface area contributed by atoms with Gasteiger partial charge in [-0.2, -0.15) is 5.10 Å². The average Bonchev–Trinajstić information content (AvgIpc) is 2.41. The first-order valence-electron chi connectivity index (χ1n) is 6.13. The molecule has 1 aromatic carbocycles. The largest absolute Gasteiger partial charge is 0.315 e. The van der Waals surface area contributed by atoms with Gasteiger partial charge >= 0.3 is 0 Å². The summed E-state index contributed by atoms with van der Waals surface area (Å²) in [6.07, 6.45) is 3.59. The maximum absolute atomic E-state index is 13.2. The van der Waals surface area contributed by atoms with Gasteiger partial charge in [0.25, 0.3) is 5.56 Å². The lowest BCUT2D eigenvalue weighted by Crippen LogP contribution is -2.37. The average molecular weight is 247 g/mol. The predicted molar refractivity (Wildman–Crippen MR) is 67.1 cm³/mol. The summed E-state index contributed by atoms with van der Waals surface area (Å²) < 4.78 is 14.7. The number of nitrogens with zero attached hydrogens (tertiary/aromatic N) is 2. The Bertz CT molecular complexity index is 632. The molecule has 1 N–H and O–H groups in total. The lowest BCUT2D eigenvalue weighted by atomic mass is 10.1. The molecule has 1 fully saturated rings. The van der Waals surface area contributed by atoms with E-state index in [1.165, 1.54) is 16.8 Å². The second-order valence-electron chi connectivity index (χ2n) is 4.63. The van der Waals surface area contributed by atoms with Gasteiger partial charge in [0.1, 0.15) is 5.82 Å². The summed E-state index contributed by atoms with van der Waals surface area (Å²) in [6.45, 7) is 1.72. The molecule has 1 atom stereocenters. The number of aromatic nitrogens is 2. The molecule has 0 amide bonds. The molecule has 0 radical (unpaired) electrons. The van der Waals surface area contributed by atoms with E-state index in [2.05, 4.69) is 10.4 Å². The summed E-state index contributed by atoms with van der Waals surface area (Å²) in [5, 5.41) is 8.53. The van der Waals surface area contributed by atoms with Crippen LogP contribution in [0.4, 0.5) is 4.39 Å². The Kier molecular flexibility index (Phi) is 2.83. The van der Waals surface area contributed by atoms with Crippen LogP contribution >= 0.6 is 0 Å². The molecule has 2 aromatic rings. The third-order valence-corrected chi connectivity index (χ3v) is 3.39. The van der Waals surface area contributed by atoms with E-state index < -0.39 is 0 Å². The highest BCUT2D eigenvalue weighted by Gasteiger charge is 2.18. The Morgan fingerprint density at radius 2 is 2.33 bits per heavy atom. The molecule has 0 aliphatic carbocycles. The van der Waals surface area contributed by atoms with Crippen LogP contribution < -0.4 is 10.9 Å². The Labute approximate surface area is 103 Å². The fourth-order valence-corrected chi connectivity index (χ4v) is 2.43. The van der Waals surface area contributed by atoms with Crippen LogP contribution in [0.25, 0.3) is 10.8 Å². The molecule has 94 valence electrons. The predicted octanol–water partition coefficient (Wildman–Crippen LogP) is 1.46. The lowest BCUT2D eigenvalue weighted by molar-refractivity contribution is 0.337. The molecule has 0 spiro atoms. The summed E-state index contributed by atoms with van der Waals surface area (Å²) in [4.78, 5) is 12.3. The summed E-state index contributed by atoms with van der Waals surface area (Å²) in [7, 11) is 0. The number of hydrogen-bond donors (Lipinski definition) is 1. The Hall–Kier alpha value is -1.75. The number of halogens is 1. The van der Waals surface area contributed by atoms with Crippen LogP contribution in [-0.4, -0.2) is 22.9 Å². The second kappa shape index (κ2) is 4.49. The number of piperidine rings is 1. The molecule has 2 heterocycles. The minimum atomic E-state index is -0.390. The minimum absolute atomic E-state index is 0.0684. The van der Waals surface area contributed by atoms with Gasteiger partial charge in [-0.15, -0.1) is 0 Å². The van der Waals surface area contributed by atoms with Crippen molar-refractivity contribution in [3.63, 3.8) is 0 Å². The highest BCUT2D eigenvalue weighted by atomic mass is 19.1. The van der Waals surface area contributed by atoms with Crippen molar-refractivity contribution in [1.82, 2.24) is 15.1 Å². The molecule has 1 aliphatic heterocycles. The summed E-state index contributed by atoms with van der Waals surface area (Å²) in [5.74, 6) is -0.390. The van der Waals surface area contributed by atoms with Crippen LogP contribution in [0.1, 0.15) is 18.9 Å². The van der Waals surface area contributed by atoms with Crippen LogP contribution in [0.5, 0.6) is 0 Å². The van der Waals surface area contributed by atoms with Gasteiger partial charge in [0.15, 0.2) is 0 Å². The maximum atomic E-state index is 13.2. The lowest BCUT2D eigenvalue weighted by Gasteiger charge is -2.23. The zero-order chi connectivity index (χ0) is 12.5. The number of fused-ring (bicyclic) bond motifs is 1. The SMILES string of the molecule is O=c1c2cc(F)ccc2cnn1C1CCCNC1. The quantitative estimate of drug-likeness (QED) is 0.830. The smallest absolute Gasteiger partial charge is 0.275 e. The third kappa shape index (κ3) is 1.90. The van der Waals surface area contributed by atoms with E-state index in [1.807, 2.05) is 0 Å². The minimum Gasteiger partial charge on any atom is -0.315 e. The molecular weight excluding hydrogens is 233 g/mol. The third-order valence-electron chi connectivity index (χ3n) is 3.39. The first-order valence-corrected chi connectivity index (χ1v) is 6.13. The maximum Gasteiger partial charge on any atom is 0.275 e. The Balaban J connectivity index is 2.13. The first-order chi connectivity index (χ1) is 8.75. The molecule has 3 rings (SSSR count). The van der Waals surface area contributed by atoms with Crippen molar-refractivity contribution in [2.45, 2.75) is 18.9 Å². The van der Waals surface area contributed by atoms with Crippen LogP contribution in [0.15, 0.2) is 29.2 Å². The van der Waals surface area contributed by atoms with E-state index in [0.29, 0.717) is 10.8 Å². The van der Waals surface area contributed by atoms with Crippen molar-refractivity contribution in [3.05, 3.63) is 40.6 Å². The topological polar surface area (TPSA) is 46.9 Å². The molecular formula is C13H14FN3O. The van der Waals surface area contributed by atoms with Crippen molar-refractivity contribution in [2.24, 2.45) is 0 Å². The molecule has 4 nitrogen and oxygen atoms in total. The van der Waals surface area contributed by atoms with Crippen molar-refractivity contribution in [1.29, 1.82) is 0 Å². The van der Waals surface area contributed by atoms with Crippen LogP contribution in [-0.2, 0) is 0 Å². The fraction of sp³-hybridized carbons (Fsp3) is 0.385. The van der Waals surface area contributed by atoms with Gasteiger partial charge in [0, 0.05) is 11.9 Å². The first kappa shape index (κ1) is 11.3. The van der Waals surface area contributed by atoms with E-state index in [1.54, 1.807) is 12.3 Å². The van der Waals surface area contributed by atoms with Gasteiger partial charge in [-0.05, 0) is 37.6 Å². The molecule has 1 aliphatic rings. The molecule has 5 heteroatoms. The standard InChI is InChI=1S/C13H14FN3O/c14-10-4-3-9-7-16-17(13(18)12(9)6-10)11-2-1-5-15-8-11/h3-4,6-7,11,15H,1-2,5,8H2. The van der Waals surface area contributed by atoms with E-state index in [4.69, 9.17) is 0 Å². The van der Waals surface area contributed by atoms with Gasteiger partial charge in [0.05, 0.1) is 17.6 Å². The van der Waals surface area contributed by atoms with E-state index >= 15 is 0 Å². The van der Waals surface area contributed by atoms with E-state index in [-0.39, 0.29) is 17.4 Å². The summed E-state index contributed by atoms with van der Waals surface area (Å²) in [6, 6.07) is 4.28. The molecule has 1 aromatic heterocycles. The monoisotopic (exact) mass is 247 g/mol. The normalized spacial score (nSPS) is 20.2. The van der Waals surface area contributed by atoms with Crippen LogP contribution in [0.2, 0.25) is 0 Å². The fourth-order valence-electron chi connectivity index (χ4n) is 2.43. The number of hydrogen-bond acceptors (Lipinski definition) is 3. The Morgan fingerprint density at radius 3 is 3.11 bits per heavy atom. The van der Waals surface area contributed by atoms with E-state index in [9.17, 15) is 9.18 Å². The van der Waals surface area contributed by atoms with Crippen LogP contribution in [0, 0.1) is 5.82 Å². The molecule has 1 unspecified atom stereocenters. The van der Waals surface area contributed by atoms with Crippen molar-refractivity contribution in [2.75, 3.05) is 13.1 Å². The Morgan fingerprint density at radius 1 is 1.44 bits per heavy atom. The molecule has 0 saturated carbocycles. The number of nitrogens with one attached hydrogen (secondary N) is 1. The van der Waals surface area contributed by atoms with Gasteiger partial charge < -0.3 is 5.32 Å². The second-order valence-corrected chi connectivity index (χ2v) is 4.63. The summed E-state index contributed by atoms with van der Waals surface area (Å²) in [5.41, 5.74) is -0.208. The zero-order valence-electron chi connectivity index (χ0n) is 9.90. The van der Waals surface area contributed by atoms with E-state index in [0.717, 1.165) is 25.9 Å². The molecule has 0 bridgehead atoms. The van der Waals surface area contributed by atoms with Crippen molar-refractivity contribution < 1.29 is 4.39 Å². The van der Waals surface area contributed by atoms with Gasteiger partial charge in [-0.3, -0.25) is 4.79 Å². The van der Waals surface area contributed by atoms with Gasteiger partial charge in [0.2, 0.25) is 0 Å². The molecule has 18 heavy (non-hydrogen) atoms. The van der Waals surface area contributed by atoms with Crippen LogP contribution in [0.3, 0.4) is 0 Å². The van der Waals surface area contributed by atoms with Gasteiger partial charge in [-0.1, -0.05) is 0 Å². The highest BCUT2D eigenvalue weighted by molar-refractivity contribution is 5.80.